The van der Waals surface area contributed by atoms with Crippen LogP contribution in [0.1, 0.15) is 52.4 Å². The molecule has 1 unspecified atom stereocenters. The van der Waals surface area contributed by atoms with Gasteiger partial charge in [0.05, 0.1) is 0 Å². The number of aliphatic imine (C=N–C) groups is 1. The van der Waals surface area contributed by atoms with Crippen molar-refractivity contribution in [2.75, 3.05) is 32.7 Å². The normalized spacial score (nSPS) is 18.4. The second-order valence-electron chi connectivity index (χ2n) is 7.36. The van der Waals surface area contributed by atoms with Gasteiger partial charge in [0.25, 0.3) is 0 Å². The van der Waals surface area contributed by atoms with Gasteiger partial charge in [-0.25, -0.2) is 0 Å². The average Bonchev–Trinajstić information content (AvgIpc) is 2.67. The molecule has 0 amide bonds. The minimum Gasteiger partial charge on any atom is -0.357 e. The molecule has 1 aliphatic heterocycles. The van der Waals surface area contributed by atoms with Gasteiger partial charge in [-0.05, 0) is 58.6 Å². The zero-order valence-corrected chi connectivity index (χ0v) is 17.1. The van der Waals surface area contributed by atoms with Crippen LogP contribution in [-0.2, 0) is 6.54 Å². The molecule has 1 aromatic heterocycles. The van der Waals surface area contributed by atoms with Gasteiger partial charge < -0.3 is 20.1 Å². The molecule has 2 rings (SSSR count). The molecule has 0 radical (unpaired) electrons. The highest BCUT2D eigenvalue weighted by atomic mass is 16.1. The zero-order valence-electron chi connectivity index (χ0n) is 17.1. The topological polar surface area (TPSA) is 61.7 Å². The van der Waals surface area contributed by atoms with Crippen molar-refractivity contribution in [1.29, 1.82) is 0 Å². The van der Waals surface area contributed by atoms with E-state index in [1.54, 1.807) is 16.7 Å². The van der Waals surface area contributed by atoms with Crippen LogP contribution in [0.3, 0.4) is 0 Å². The highest BCUT2D eigenvalue weighted by Gasteiger charge is 2.16. The fourth-order valence-corrected chi connectivity index (χ4v) is 3.56. The Labute approximate surface area is 164 Å². The number of pyridine rings is 1. The number of nitrogens with one attached hydrogen (secondary N) is 2. The van der Waals surface area contributed by atoms with E-state index < -0.39 is 0 Å². The first-order valence-corrected chi connectivity index (χ1v) is 10.6. The third-order valence-corrected chi connectivity index (χ3v) is 5.18. The molecule has 0 aromatic carbocycles. The molecule has 1 aromatic rings. The zero-order chi connectivity index (χ0) is 19.3. The second-order valence-corrected chi connectivity index (χ2v) is 7.36. The van der Waals surface area contributed by atoms with Gasteiger partial charge in [-0.1, -0.05) is 12.5 Å². The highest BCUT2D eigenvalue weighted by Crippen LogP contribution is 2.16. The van der Waals surface area contributed by atoms with E-state index in [9.17, 15) is 4.79 Å². The third-order valence-electron chi connectivity index (χ3n) is 5.18. The number of aryl methyl sites for hydroxylation is 1. The maximum absolute atomic E-state index is 11.7. The molecule has 0 bridgehead atoms. The number of piperidine rings is 1. The van der Waals surface area contributed by atoms with E-state index in [1.165, 1.54) is 25.8 Å². The lowest BCUT2D eigenvalue weighted by Crippen LogP contribution is -2.39. The van der Waals surface area contributed by atoms with Gasteiger partial charge in [-0.2, -0.15) is 0 Å². The minimum atomic E-state index is 0.0726. The van der Waals surface area contributed by atoms with E-state index in [-0.39, 0.29) is 5.56 Å². The Balaban J connectivity index is 1.62. The van der Waals surface area contributed by atoms with Crippen LogP contribution in [0, 0.1) is 0 Å². The molecule has 0 aliphatic carbocycles. The summed E-state index contributed by atoms with van der Waals surface area (Å²) < 4.78 is 1.76. The van der Waals surface area contributed by atoms with E-state index in [1.807, 2.05) is 12.3 Å². The van der Waals surface area contributed by atoms with Crippen molar-refractivity contribution in [2.24, 2.45) is 4.99 Å². The summed E-state index contributed by atoms with van der Waals surface area (Å²) in [5, 5.41) is 6.72. The summed E-state index contributed by atoms with van der Waals surface area (Å²) in [4.78, 5) is 19.0. The molecule has 6 heteroatoms. The van der Waals surface area contributed by atoms with Crippen LogP contribution >= 0.6 is 0 Å². The molecule has 1 atom stereocenters. The van der Waals surface area contributed by atoms with E-state index in [0.29, 0.717) is 0 Å². The number of hydrogen-bond acceptors (Lipinski definition) is 3. The second kappa shape index (κ2) is 12.5. The number of guanidine groups is 1. The molecule has 2 N–H and O–H groups in total. The van der Waals surface area contributed by atoms with Gasteiger partial charge in [-0.15, -0.1) is 0 Å². The monoisotopic (exact) mass is 375 g/mol. The summed E-state index contributed by atoms with van der Waals surface area (Å²) >= 11 is 0. The lowest BCUT2D eigenvalue weighted by molar-refractivity contribution is 0.160. The standard InChI is InChI=1S/C21H37N5O/c1-3-22-21(24-14-10-18-25-15-7-4-11-19(25)2)23-13-6-9-17-26-16-8-5-12-20(26)27/h5,8,12,16,19H,3-4,6-7,9-11,13-15,17-18H2,1-2H3,(H2,22,23,24). The Hall–Kier alpha value is -1.82. The molecule has 1 fully saturated rings. The summed E-state index contributed by atoms with van der Waals surface area (Å²) in [5.74, 6) is 0.904. The first kappa shape index (κ1) is 21.5. The van der Waals surface area contributed by atoms with E-state index >= 15 is 0 Å². The largest absolute Gasteiger partial charge is 0.357 e. The number of likely N-dealkylation sites (tertiary alicyclic amines) is 1. The summed E-state index contributed by atoms with van der Waals surface area (Å²) in [6.45, 7) is 10.2. The first-order chi connectivity index (χ1) is 13.2. The molecule has 152 valence electrons. The smallest absolute Gasteiger partial charge is 0.250 e. The van der Waals surface area contributed by atoms with Crippen molar-refractivity contribution >= 4 is 5.96 Å². The van der Waals surface area contributed by atoms with Crippen LogP contribution in [0.2, 0.25) is 0 Å². The number of unbranched alkanes of at least 4 members (excludes halogenated alkanes) is 1. The van der Waals surface area contributed by atoms with Gasteiger partial charge in [0.2, 0.25) is 5.56 Å². The Morgan fingerprint density at radius 2 is 2.07 bits per heavy atom. The van der Waals surface area contributed by atoms with Crippen LogP contribution in [0.4, 0.5) is 0 Å². The fraction of sp³-hybridized carbons (Fsp3) is 0.714. The van der Waals surface area contributed by atoms with Crippen molar-refractivity contribution in [3.8, 4) is 0 Å². The minimum absolute atomic E-state index is 0.0726. The molecule has 2 heterocycles. The van der Waals surface area contributed by atoms with Crippen LogP contribution in [0.25, 0.3) is 0 Å². The molecule has 0 spiro atoms. The van der Waals surface area contributed by atoms with Gasteiger partial charge >= 0.3 is 0 Å². The number of nitrogens with zero attached hydrogens (tertiary/aromatic N) is 3. The van der Waals surface area contributed by atoms with E-state index in [0.717, 1.165) is 64.0 Å². The fourth-order valence-electron chi connectivity index (χ4n) is 3.56. The van der Waals surface area contributed by atoms with E-state index in [4.69, 9.17) is 4.99 Å². The quantitative estimate of drug-likeness (QED) is 0.375. The first-order valence-electron chi connectivity index (χ1n) is 10.6. The average molecular weight is 376 g/mol. The maximum Gasteiger partial charge on any atom is 0.250 e. The van der Waals surface area contributed by atoms with Crippen LogP contribution in [0.15, 0.2) is 34.2 Å². The molecular weight excluding hydrogens is 338 g/mol. The summed E-state index contributed by atoms with van der Waals surface area (Å²) in [5.41, 5.74) is 0.0726. The van der Waals surface area contributed by atoms with Crippen molar-refractivity contribution in [3.63, 3.8) is 0 Å². The van der Waals surface area contributed by atoms with Crippen LogP contribution < -0.4 is 16.2 Å². The molecular formula is C21H37N5O. The number of hydrogen-bond donors (Lipinski definition) is 2. The Morgan fingerprint density at radius 3 is 2.85 bits per heavy atom. The van der Waals surface area contributed by atoms with E-state index in [2.05, 4.69) is 29.4 Å². The van der Waals surface area contributed by atoms with Crippen LogP contribution in [-0.4, -0.2) is 54.2 Å². The summed E-state index contributed by atoms with van der Waals surface area (Å²) in [6.07, 6.45) is 9.00. The van der Waals surface area contributed by atoms with Crippen molar-refractivity contribution < 1.29 is 0 Å². The molecule has 27 heavy (non-hydrogen) atoms. The maximum atomic E-state index is 11.7. The Morgan fingerprint density at radius 1 is 1.19 bits per heavy atom. The van der Waals surface area contributed by atoms with Gasteiger partial charge in [0.1, 0.15) is 0 Å². The Bertz CT molecular complexity index is 613. The van der Waals surface area contributed by atoms with Crippen molar-refractivity contribution in [2.45, 2.75) is 65.0 Å². The summed E-state index contributed by atoms with van der Waals surface area (Å²) in [6, 6.07) is 6.02. The summed E-state index contributed by atoms with van der Waals surface area (Å²) in [7, 11) is 0. The van der Waals surface area contributed by atoms with Crippen molar-refractivity contribution in [3.05, 3.63) is 34.7 Å². The lowest BCUT2D eigenvalue weighted by Gasteiger charge is -2.33. The lowest BCUT2D eigenvalue weighted by atomic mass is 10.0. The van der Waals surface area contributed by atoms with Crippen LogP contribution in [0.5, 0.6) is 0 Å². The number of aromatic nitrogens is 1. The molecule has 6 nitrogen and oxygen atoms in total. The number of rotatable bonds is 10. The molecule has 1 saturated heterocycles. The predicted octanol–water partition coefficient (Wildman–Crippen LogP) is 2.45. The van der Waals surface area contributed by atoms with Gasteiger partial charge in [0, 0.05) is 51.0 Å². The molecule has 0 saturated carbocycles. The van der Waals surface area contributed by atoms with Crippen molar-refractivity contribution in [1.82, 2.24) is 20.1 Å². The highest BCUT2D eigenvalue weighted by molar-refractivity contribution is 5.79. The Kier molecular flexibility index (Phi) is 9.98. The van der Waals surface area contributed by atoms with Gasteiger partial charge in [0.15, 0.2) is 5.96 Å². The molecule has 1 aliphatic rings. The SMILES string of the molecule is CCNC(=NCCCN1CCCCC1C)NCCCCn1ccccc1=O. The third kappa shape index (κ3) is 8.16. The van der Waals surface area contributed by atoms with Gasteiger partial charge in [-0.3, -0.25) is 9.79 Å². The predicted molar refractivity (Wildman–Crippen MR) is 113 cm³/mol.